The van der Waals surface area contributed by atoms with Crippen LogP contribution in [0, 0.1) is 12.8 Å². The summed E-state index contributed by atoms with van der Waals surface area (Å²) in [7, 11) is 0. The van der Waals surface area contributed by atoms with Crippen molar-refractivity contribution in [2.45, 2.75) is 58.4 Å². The van der Waals surface area contributed by atoms with Crippen molar-refractivity contribution >= 4 is 17.7 Å². The molecule has 0 saturated carbocycles. The molecular weight excluding hydrogens is 366 g/mol. The molecule has 1 aromatic carbocycles. The van der Waals surface area contributed by atoms with Gasteiger partial charge in [-0.25, -0.2) is 0 Å². The molecule has 6 heteroatoms. The molecule has 0 spiro atoms. The van der Waals surface area contributed by atoms with Crippen LogP contribution in [0.15, 0.2) is 24.3 Å². The normalized spacial score (nSPS) is 19.0. The van der Waals surface area contributed by atoms with E-state index in [1.165, 1.54) is 0 Å². The smallest absolute Gasteiger partial charge is 0.252 e. The number of benzene rings is 1. The van der Waals surface area contributed by atoms with E-state index < -0.39 is 6.04 Å². The van der Waals surface area contributed by atoms with Crippen molar-refractivity contribution in [1.82, 2.24) is 15.1 Å². The van der Waals surface area contributed by atoms with Gasteiger partial charge in [-0.2, -0.15) is 0 Å². The molecule has 0 radical (unpaired) electrons. The molecule has 6 nitrogen and oxygen atoms in total. The Morgan fingerprint density at radius 2 is 1.66 bits per heavy atom. The quantitative estimate of drug-likeness (QED) is 0.828. The third-order valence-corrected chi connectivity index (χ3v) is 6.28. The zero-order chi connectivity index (χ0) is 20.8. The van der Waals surface area contributed by atoms with Crippen molar-refractivity contribution in [3.05, 3.63) is 35.4 Å². The third kappa shape index (κ3) is 5.17. The van der Waals surface area contributed by atoms with Gasteiger partial charge in [0.15, 0.2) is 0 Å². The van der Waals surface area contributed by atoms with Gasteiger partial charge < -0.3 is 15.1 Å². The number of rotatable bonds is 5. The summed E-state index contributed by atoms with van der Waals surface area (Å²) < 4.78 is 0. The number of nitrogens with one attached hydrogen (secondary N) is 1. The molecule has 0 unspecified atom stereocenters. The standard InChI is InChI=1S/C23H33N3O3/c1-3-20(27)25-15-11-18(12-16-25)21(23(29)26-13-7-4-8-14-26)24-22(28)19-10-6-5-9-17(19)2/h5-6,9-10,18,21H,3-4,7-8,11-16H2,1-2H3,(H,24,28)/t21-/m1/s1. The number of amides is 3. The van der Waals surface area contributed by atoms with Gasteiger partial charge in [-0.3, -0.25) is 14.4 Å². The summed E-state index contributed by atoms with van der Waals surface area (Å²) in [6.07, 6.45) is 5.18. The summed E-state index contributed by atoms with van der Waals surface area (Å²) in [5.74, 6) is 0.0574. The Morgan fingerprint density at radius 1 is 1.00 bits per heavy atom. The Bertz CT molecular complexity index is 735. The fourth-order valence-electron chi connectivity index (χ4n) is 4.44. The molecule has 1 aromatic rings. The summed E-state index contributed by atoms with van der Waals surface area (Å²) in [5, 5.41) is 3.07. The predicted molar refractivity (Wildman–Crippen MR) is 112 cm³/mol. The summed E-state index contributed by atoms with van der Waals surface area (Å²) in [4.78, 5) is 42.1. The molecule has 0 bridgehead atoms. The highest BCUT2D eigenvalue weighted by Crippen LogP contribution is 2.24. The van der Waals surface area contributed by atoms with Crippen molar-refractivity contribution < 1.29 is 14.4 Å². The summed E-state index contributed by atoms with van der Waals surface area (Å²) in [6, 6.07) is 6.93. The Labute approximate surface area is 173 Å². The van der Waals surface area contributed by atoms with Crippen molar-refractivity contribution in [2.24, 2.45) is 5.92 Å². The van der Waals surface area contributed by atoms with Crippen LogP contribution in [-0.2, 0) is 9.59 Å². The zero-order valence-electron chi connectivity index (χ0n) is 17.7. The molecule has 2 aliphatic rings. The van der Waals surface area contributed by atoms with Gasteiger partial charge in [-0.1, -0.05) is 25.1 Å². The summed E-state index contributed by atoms with van der Waals surface area (Å²) >= 11 is 0. The minimum absolute atomic E-state index is 0.0342. The first-order valence-electron chi connectivity index (χ1n) is 10.9. The monoisotopic (exact) mass is 399 g/mol. The molecule has 2 saturated heterocycles. The highest BCUT2D eigenvalue weighted by atomic mass is 16.2. The molecule has 2 aliphatic heterocycles. The van der Waals surface area contributed by atoms with Gasteiger partial charge in [-0.15, -0.1) is 0 Å². The Kier molecular flexibility index (Phi) is 7.29. The number of hydrogen-bond donors (Lipinski definition) is 1. The second kappa shape index (κ2) is 9.90. The summed E-state index contributed by atoms with van der Waals surface area (Å²) in [6.45, 7) is 6.62. The SMILES string of the molecule is CCC(=O)N1CCC([C@@H](NC(=O)c2ccccc2C)C(=O)N2CCCCC2)CC1. The van der Waals surface area contributed by atoms with Crippen LogP contribution in [0.1, 0.15) is 61.4 Å². The molecule has 158 valence electrons. The molecule has 2 heterocycles. The van der Waals surface area contributed by atoms with Gasteiger partial charge in [0.05, 0.1) is 0 Å². The van der Waals surface area contributed by atoms with E-state index in [4.69, 9.17) is 0 Å². The van der Waals surface area contributed by atoms with Crippen molar-refractivity contribution in [1.29, 1.82) is 0 Å². The van der Waals surface area contributed by atoms with E-state index in [-0.39, 0.29) is 23.6 Å². The minimum atomic E-state index is -0.529. The molecule has 3 rings (SSSR count). The first-order valence-corrected chi connectivity index (χ1v) is 10.9. The Balaban J connectivity index is 1.75. The van der Waals surface area contributed by atoms with Gasteiger partial charge in [0.2, 0.25) is 11.8 Å². The van der Waals surface area contributed by atoms with E-state index >= 15 is 0 Å². The van der Waals surface area contributed by atoms with Crippen LogP contribution in [0.5, 0.6) is 0 Å². The molecular formula is C23H33N3O3. The van der Waals surface area contributed by atoms with Crippen LogP contribution in [0.4, 0.5) is 0 Å². The Hall–Kier alpha value is -2.37. The second-order valence-electron chi connectivity index (χ2n) is 8.22. The number of aryl methyl sites for hydroxylation is 1. The van der Waals surface area contributed by atoms with E-state index in [9.17, 15) is 14.4 Å². The van der Waals surface area contributed by atoms with Gasteiger partial charge in [0.25, 0.3) is 5.91 Å². The molecule has 1 atom stereocenters. The molecule has 2 fully saturated rings. The molecule has 0 aliphatic carbocycles. The van der Waals surface area contributed by atoms with Crippen LogP contribution in [-0.4, -0.2) is 59.7 Å². The van der Waals surface area contributed by atoms with E-state index in [2.05, 4.69) is 5.32 Å². The van der Waals surface area contributed by atoms with Gasteiger partial charge >= 0.3 is 0 Å². The van der Waals surface area contributed by atoms with Crippen LogP contribution in [0.2, 0.25) is 0 Å². The molecule has 0 aromatic heterocycles. The van der Waals surface area contributed by atoms with Crippen LogP contribution >= 0.6 is 0 Å². The Morgan fingerprint density at radius 3 is 2.28 bits per heavy atom. The number of carbonyl (C=O) groups is 3. The second-order valence-corrected chi connectivity index (χ2v) is 8.22. The first-order chi connectivity index (χ1) is 14.0. The average molecular weight is 400 g/mol. The number of hydrogen-bond acceptors (Lipinski definition) is 3. The van der Waals surface area contributed by atoms with Crippen LogP contribution in [0.3, 0.4) is 0 Å². The lowest BCUT2D eigenvalue weighted by Gasteiger charge is -2.38. The number of piperidine rings is 2. The van der Waals surface area contributed by atoms with E-state index in [0.29, 0.717) is 25.1 Å². The lowest BCUT2D eigenvalue weighted by Crippen LogP contribution is -2.55. The molecule has 1 N–H and O–H groups in total. The third-order valence-electron chi connectivity index (χ3n) is 6.28. The van der Waals surface area contributed by atoms with Crippen molar-refractivity contribution in [3.8, 4) is 0 Å². The van der Waals surface area contributed by atoms with Crippen molar-refractivity contribution in [3.63, 3.8) is 0 Å². The largest absolute Gasteiger partial charge is 0.343 e. The maximum atomic E-state index is 13.4. The van der Waals surface area contributed by atoms with Crippen molar-refractivity contribution in [2.75, 3.05) is 26.2 Å². The first kappa shape index (κ1) is 21.3. The van der Waals surface area contributed by atoms with E-state index in [0.717, 1.165) is 50.8 Å². The van der Waals surface area contributed by atoms with E-state index in [1.54, 1.807) is 6.07 Å². The fraction of sp³-hybridized carbons (Fsp3) is 0.609. The maximum absolute atomic E-state index is 13.4. The van der Waals surface area contributed by atoms with Crippen LogP contribution < -0.4 is 5.32 Å². The van der Waals surface area contributed by atoms with Crippen LogP contribution in [0.25, 0.3) is 0 Å². The fourth-order valence-corrected chi connectivity index (χ4v) is 4.44. The molecule has 3 amide bonds. The maximum Gasteiger partial charge on any atom is 0.252 e. The van der Waals surface area contributed by atoms with Gasteiger partial charge in [0.1, 0.15) is 6.04 Å². The number of carbonyl (C=O) groups excluding carboxylic acids is 3. The highest BCUT2D eigenvalue weighted by molar-refractivity contribution is 5.98. The number of likely N-dealkylation sites (tertiary alicyclic amines) is 2. The van der Waals surface area contributed by atoms with Gasteiger partial charge in [-0.05, 0) is 56.6 Å². The number of nitrogens with zero attached hydrogens (tertiary/aromatic N) is 2. The topological polar surface area (TPSA) is 69.7 Å². The lowest BCUT2D eigenvalue weighted by atomic mass is 9.87. The average Bonchev–Trinajstić information content (AvgIpc) is 2.77. The van der Waals surface area contributed by atoms with E-state index in [1.807, 2.05) is 41.8 Å². The predicted octanol–water partition coefficient (Wildman–Crippen LogP) is 2.75. The highest BCUT2D eigenvalue weighted by Gasteiger charge is 2.36. The van der Waals surface area contributed by atoms with Gasteiger partial charge in [0, 0.05) is 38.2 Å². The lowest BCUT2D eigenvalue weighted by molar-refractivity contribution is -0.136. The molecule has 29 heavy (non-hydrogen) atoms. The minimum Gasteiger partial charge on any atom is -0.343 e. The zero-order valence-corrected chi connectivity index (χ0v) is 17.7. The summed E-state index contributed by atoms with van der Waals surface area (Å²) in [5.41, 5.74) is 1.51.